The van der Waals surface area contributed by atoms with Gasteiger partial charge in [0.05, 0.1) is 6.20 Å². The molecule has 0 fully saturated rings. The molecule has 5 nitrogen and oxygen atoms in total. The second-order valence-electron chi connectivity index (χ2n) is 4.68. The van der Waals surface area contributed by atoms with Crippen molar-refractivity contribution in [3.05, 3.63) is 71.0 Å². The average Bonchev–Trinajstić information content (AvgIpc) is 2.85. The van der Waals surface area contributed by atoms with Crippen LogP contribution in [0.25, 0.3) is 22.1 Å². The van der Waals surface area contributed by atoms with Crippen molar-refractivity contribution >= 4 is 16.4 Å². The Kier molecular flexibility index (Phi) is 2.38. The van der Waals surface area contributed by atoms with E-state index in [0.29, 0.717) is 22.1 Å². The molecule has 6 heteroatoms. The Morgan fingerprint density at radius 3 is 2.86 bits per heavy atom. The Labute approximate surface area is 117 Å². The summed E-state index contributed by atoms with van der Waals surface area (Å²) in [6, 6.07) is 11.7. The molecule has 102 valence electrons. The summed E-state index contributed by atoms with van der Waals surface area (Å²) in [6.45, 7) is 0. The van der Waals surface area contributed by atoms with Crippen molar-refractivity contribution in [2.45, 2.75) is 0 Å². The Balaban J connectivity index is 2.16. The standard InChI is InChI=1S/C15H9FN4O/c16-12-5-1-3-10-6-7-13-15(21)19(18-20(13)14(10)12)11-4-2-8-17-9-11/h1-9H/p+1. The van der Waals surface area contributed by atoms with Gasteiger partial charge in [-0.3, -0.25) is 4.98 Å². The van der Waals surface area contributed by atoms with E-state index >= 15 is 0 Å². The number of H-pyrrole nitrogens is 1. The van der Waals surface area contributed by atoms with Gasteiger partial charge in [-0.1, -0.05) is 22.0 Å². The summed E-state index contributed by atoms with van der Waals surface area (Å²) in [4.78, 5) is 16.4. The predicted molar refractivity (Wildman–Crippen MR) is 74.8 cm³/mol. The summed E-state index contributed by atoms with van der Waals surface area (Å²) in [5, 5.41) is 3.62. The topological polar surface area (TPSA) is 54.8 Å². The molecule has 1 N–H and O–H groups in total. The molecule has 1 aromatic carbocycles. The molecule has 0 unspecified atom stereocenters. The lowest BCUT2D eigenvalue weighted by atomic mass is 10.2. The average molecular weight is 281 g/mol. The summed E-state index contributed by atoms with van der Waals surface area (Å²) in [5.74, 6) is -0.386. The van der Waals surface area contributed by atoms with E-state index in [-0.39, 0.29) is 11.4 Å². The zero-order valence-corrected chi connectivity index (χ0v) is 10.8. The van der Waals surface area contributed by atoms with Crippen LogP contribution in [0.2, 0.25) is 0 Å². The normalized spacial score (nSPS) is 11.3. The second kappa shape index (κ2) is 4.24. The van der Waals surface area contributed by atoms with Gasteiger partial charge >= 0.3 is 5.56 Å². The lowest BCUT2D eigenvalue weighted by molar-refractivity contribution is -0.556. The third-order valence-electron chi connectivity index (χ3n) is 3.43. The number of benzene rings is 1. The van der Waals surface area contributed by atoms with E-state index in [4.69, 9.17) is 0 Å². The van der Waals surface area contributed by atoms with Gasteiger partial charge in [-0.25, -0.2) is 9.18 Å². The van der Waals surface area contributed by atoms with Crippen LogP contribution in [0, 0.1) is 5.82 Å². The molecule has 0 atom stereocenters. The first kappa shape index (κ1) is 11.8. The number of pyridine rings is 2. The van der Waals surface area contributed by atoms with Crippen molar-refractivity contribution < 1.29 is 8.91 Å². The maximum Gasteiger partial charge on any atom is 0.406 e. The van der Waals surface area contributed by atoms with Crippen LogP contribution in [0.1, 0.15) is 0 Å². The molecule has 4 aromatic rings. The fourth-order valence-electron chi connectivity index (χ4n) is 2.46. The highest BCUT2D eigenvalue weighted by Gasteiger charge is 2.20. The molecular weight excluding hydrogens is 271 g/mol. The zero-order chi connectivity index (χ0) is 14.4. The molecule has 0 aliphatic rings. The van der Waals surface area contributed by atoms with Crippen molar-refractivity contribution in [1.82, 2.24) is 14.9 Å². The molecule has 0 aliphatic heterocycles. The van der Waals surface area contributed by atoms with Gasteiger partial charge in [0.1, 0.15) is 0 Å². The van der Waals surface area contributed by atoms with Crippen LogP contribution < -0.4 is 10.1 Å². The molecule has 0 saturated carbocycles. The third-order valence-corrected chi connectivity index (χ3v) is 3.43. The van der Waals surface area contributed by atoms with Crippen molar-refractivity contribution in [2.24, 2.45) is 0 Å². The van der Waals surface area contributed by atoms with Crippen LogP contribution in [0.3, 0.4) is 0 Å². The van der Waals surface area contributed by atoms with E-state index in [9.17, 15) is 9.18 Å². The Morgan fingerprint density at radius 1 is 1.14 bits per heavy atom. The minimum atomic E-state index is -0.386. The van der Waals surface area contributed by atoms with E-state index in [1.54, 1.807) is 48.8 Å². The number of halogens is 1. The fraction of sp³-hybridized carbons (Fsp3) is 0. The van der Waals surface area contributed by atoms with Crippen LogP contribution in [0.4, 0.5) is 4.39 Å². The van der Waals surface area contributed by atoms with Gasteiger partial charge in [0.15, 0.2) is 17.0 Å². The number of para-hydroxylation sites is 1. The summed E-state index contributed by atoms with van der Waals surface area (Å²) in [7, 11) is 0. The zero-order valence-electron chi connectivity index (χ0n) is 10.8. The molecule has 3 aromatic heterocycles. The van der Waals surface area contributed by atoms with Crippen molar-refractivity contribution in [3.8, 4) is 5.69 Å². The van der Waals surface area contributed by atoms with Crippen molar-refractivity contribution in [1.29, 1.82) is 0 Å². The van der Waals surface area contributed by atoms with Gasteiger partial charge < -0.3 is 0 Å². The smallest absolute Gasteiger partial charge is 0.260 e. The third kappa shape index (κ3) is 1.66. The SMILES string of the molecule is O=c1c2ccc3cccc(F)c3[n+]2[nH]n1-c1cccnc1. The molecule has 0 aliphatic carbocycles. The van der Waals surface area contributed by atoms with Gasteiger partial charge in [-0.15, -0.1) is 4.52 Å². The highest BCUT2D eigenvalue weighted by molar-refractivity contribution is 5.77. The van der Waals surface area contributed by atoms with Crippen LogP contribution in [0.15, 0.2) is 59.7 Å². The van der Waals surface area contributed by atoms with Gasteiger partial charge in [0, 0.05) is 11.6 Å². The molecule has 0 spiro atoms. The molecule has 21 heavy (non-hydrogen) atoms. The number of rotatable bonds is 1. The van der Waals surface area contributed by atoms with E-state index in [0.717, 1.165) is 0 Å². The Morgan fingerprint density at radius 2 is 2.05 bits per heavy atom. The second-order valence-corrected chi connectivity index (χ2v) is 4.68. The first-order chi connectivity index (χ1) is 10.3. The van der Waals surface area contributed by atoms with Gasteiger partial charge in [-0.2, -0.15) is 0 Å². The lowest BCUT2D eigenvalue weighted by Crippen LogP contribution is -2.26. The minimum Gasteiger partial charge on any atom is -0.260 e. The highest BCUT2D eigenvalue weighted by atomic mass is 19.1. The summed E-state index contributed by atoms with van der Waals surface area (Å²) in [5.41, 5.74) is 1.05. The molecule has 3 heterocycles. The number of hydrogen-bond acceptors (Lipinski definition) is 2. The monoisotopic (exact) mass is 281 g/mol. The first-order valence-corrected chi connectivity index (χ1v) is 6.40. The number of aromatic amines is 1. The number of hydrogen-bond donors (Lipinski definition) is 1. The minimum absolute atomic E-state index is 0.256. The van der Waals surface area contributed by atoms with Crippen LogP contribution >= 0.6 is 0 Å². The summed E-state index contributed by atoms with van der Waals surface area (Å²) < 4.78 is 16.9. The number of nitrogens with zero attached hydrogens (tertiary/aromatic N) is 3. The summed E-state index contributed by atoms with van der Waals surface area (Å²) >= 11 is 0. The largest absolute Gasteiger partial charge is 0.406 e. The van der Waals surface area contributed by atoms with Crippen LogP contribution in [0.5, 0.6) is 0 Å². The van der Waals surface area contributed by atoms with E-state index in [1.807, 2.05) is 0 Å². The van der Waals surface area contributed by atoms with Crippen LogP contribution in [-0.4, -0.2) is 14.9 Å². The van der Waals surface area contributed by atoms with Gasteiger partial charge in [0.2, 0.25) is 5.52 Å². The first-order valence-electron chi connectivity index (χ1n) is 6.40. The quantitative estimate of drug-likeness (QED) is 0.539. The fourth-order valence-corrected chi connectivity index (χ4v) is 2.46. The van der Waals surface area contributed by atoms with Crippen molar-refractivity contribution in [3.63, 3.8) is 0 Å². The summed E-state index contributed by atoms with van der Waals surface area (Å²) in [6.07, 6.45) is 3.19. The maximum absolute atomic E-state index is 14.1. The number of fused-ring (bicyclic) bond motifs is 3. The highest BCUT2D eigenvalue weighted by Crippen LogP contribution is 2.14. The van der Waals surface area contributed by atoms with Crippen LogP contribution in [-0.2, 0) is 0 Å². The Hall–Kier alpha value is -3.02. The lowest BCUT2D eigenvalue weighted by Gasteiger charge is -1.96. The van der Waals surface area contributed by atoms with E-state index in [2.05, 4.69) is 10.2 Å². The van der Waals surface area contributed by atoms with E-state index in [1.165, 1.54) is 15.3 Å². The molecular formula is C15H10FN4O+. The molecule has 0 saturated heterocycles. The number of nitrogens with one attached hydrogen (secondary N) is 1. The predicted octanol–water partition coefficient (Wildman–Crippen LogP) is 1.59. The molecule has 4 rings (SSSR count). The van der Waals surface area contributed by atoms with Crippen molar-refractivity contribution in [2.75, 3.05) is 0 Å². The van der Waals surface area contributed by atoms with Gasteiger partial charge in [-0.05, 0) is 30.3 Å². The van der Waals surface area contributed by atoms with Gasteiger partial charge in [0.25, 0.3) is 0 Å². The maximum atomic E-state index is 14.1. The molecule has 0 amide bonds. The Bertz CT molecular complexity index is 1020. The van der Waals surface area contributed by atoms with E-state index < -0.39 is 0 Å². The number of aromatic nitrogens is 4. The molecule has 0 bridgehead atoms. The molecule has 0 radical (unpaired) electrons.